The van der Waals surface area contributed by atoms with Gasteiger partial charge in [-0.25, -0.2) is 4.79 Å². The lowest BCUT2D eigenvalue weighted by atomic mass is 9.92. The van der Waals surface area contributed by atoms with Gasteiger partial charge in [0.05, 0.1) is 28.8 Å². The molecule has 3 rings (SSSR count). The van der Waals surface area contributed by atoms with E-state index in [-0.39, 0.29) is 12.3 Å². The maximum atomic E-state index is 12.7. The predicted octanol–water partition coefficient (Wildman–Crippen LogP) is 3.09. The van der Waals surface area contributed by atoms with E-state index in [0.29, 0.717) is 21.9 Å². The van der Waals surface area contributed by atoms with Crippen molar-refractivity contribution in [2.24, 2.45) is 0 Å². The Hall–Kier alpha value is -3.26. The van der Waals surface area contributed by atoms with Gasteiger partial charge in [0.1, 0.15) is 0 Å². The molecule has 1 aliphatic rings. The number of carbonyl (C=O) groups excluding carboxylic acids is 1. The Morgan fingerprint density at radius 1 is 1.19 bits per heavy atom. The highest BCUT2D eigenvalue weighted by Crippen LogP contribution is 2.32. The van der Waals surface area contributed by atoms with Crippen LogP contribution in [0.15, 0.2) is 60.2 Å². The zero-order valence-corrected chi connectivity index (χ0v) is 15.3. The van der Waals surface area contributed by atoms with Crippen LogP contribution in [0, 0.1) is 10.1 Å². The number of nitrogens with one attached hydrogen (secondary N) is 2. The number of nitro benzene ring substituents is 1. The average Bonchev–Trinajstić information content (AvgIpc) is 2.68. The highest BCUT2D eigenvalue weighted by molar-refractivity contribution is 7.80. The predicted molar refractivity (Wildman–Crippen MR) is 105 cm³/mol. The molecular formula is C19H17N3O4S. The zero-order valence-electron chi connectivity index (χ0n) is 14.5. The summed E-state index contributed by atoms with van der Waals surface area (Å²) in [6.07, 6.45) is 0. The highest BCUT2D eigenvalue weighted by atomic mass is 32.1. The van der Waals surface area contributed by atoms with Gasteiger partial charge in [-0.2, -0.15) is 0 Å². The standard InChI is InChI=1S/C19H17N3O4S/c1-2-26-18(23)15-16(12-6-4-3-5-7-12)20-19(27)21-17(15)13-8-10-14(11-9-13)22(24)25/h3-11,17H,2H2,1H3,(H2,20,21,27). The van der Waals surface area contributed by atoms with Crippen molar-refractivity contribution in [1.29, 1.82) is 0 Å². The van der Waals surface area contributed by atoms with Gasteiger partial charge in [-0.1, -0.05) is 30.3 Å². The molecule has 0 bridgehead atoms. The fraction of sp³-hybridized carbons (Fsp3) is 0.158. The van der Waals surface area contributed by atoms with Crippen LogP contribution in [-0.4, -0.2) is 22.6 Å². The summed E-state index contributed by atoms with van der Waals surface area (Å²) in [7, 11) is 0. The molecule has 0 saturated carbocycles. The van der Waals surface area contributed by atoms with E-state index in [4.69, 9.17) is 17.0 Å². The summed E-state index contributed by atoms with van der Waals surface area (Å²) in [5, 5.41) is 17.4. The van der Waals surface area contributed by atoms with Crippen molar-refractivity contribution >= 4 is 34.7 Å². The van der Waals surface area contributed by atoms with Crippen LogP contribution < -0.4 is 10.6 Å². The number of nitro groups is 1. The molecule has 2 N–H and O–H groups in total. The molecule has 1 atom stereocenters. The SMILES string of the molecule is CCOC(=O)C1=C(c2ccccc2)NC(=S)NC1c1ccc([N+](=O)[O-])cc1. The lowest BCUT2D eigenvalue weighted by Gasteiger charge is -2.31. The Labute approximate surface area is 161 Å². The number of ether oxygens (including phenoxy) is 1. The van der Waals surface area contributed by atoms with Crippen LogP contribution in [0.1, 0.15) is 24.1 Å². The number of thiocarbonyl (C=S) groups is 1. The van der Waals surface area contributed by atoms with Gasteiger partial charge in [0.15, 0.2) is 5.11 Å². The van der Waals surface area contributed by atoms with E-state index in [1.165, 1.54) is 12.1 Å². The molecule has 7 nitrogen and oxygen atoms in total. The third-order valence-electron chi connectivity index (χ3n) is 4.07. The molecule has 2 aromatic carbocycles. The highest BCUT2D eigenvalue weighted by Gasteiger charge is 2.33. The smallest absolute Gasteiger partial charge is 0.338 e. The maximum Gasteiger partial charge on any atom is 0.338 e. The summed E-state index contributed by atoms with van der Waals surface area (Å²) in [5.74, 6) is -0.484. The molecule has 0 saturated heterocycles. The first-order chi connectivity index (χ1) is 13.0. The zero-order chi connectivity index (χ0) is 19.4. The number of hydrogen-bond donors (Lipinski definition) is 2. The van der Waals surface area contributed by atoms with Crippen LogP contribution in [0.4, 0.5) is 5.69 Å². The lowest BCUT2D eigenvalue weighted by Crippen LogP contribution is -2.45. The van der Waals surface area contributed by atoms with Gasteiger partial charge in [0.2, 0.25) is 0 Å². The van der Waals surface area contributed by atoms with Crippen LogP contribution in [0.2, 0.25) is 0 Å². The molecule has 8 heteroatoms. The molecule has 0 radical (unpaired) electrons. The van der Waals surface area contributed by atoms with E-state index in [1.807, 2.05) is 30.3 Å². The molecule has 0 amide bonds. The number of non-ortho nitro benzene ring substituents is 1. The summed E-state index contributed by atoms with van der Waals surface area (Å²) in [5.41, 5.74) is 2.35. The quantitative estimate of drug-likeness (QED) is 0.355. The third kappa shape index (κ3) is 3.95. The minimum absolute atomic E-state index is 0.0276. The molecule has 0 aliphatic carbocycles. The molecule has 138 valence electrons. The molecule has 0 fully saturated rings. The second kappa shape index (κ2) is 7.96. The molecule has 2 aromatic rings. The summed E-state index contributed by atoms with van der Waals surface area (Å²) >= 11 is 5.31. The number of hydrogen-bond acceptors (Lipinski definition) is 5. The summed E-state index contributed by atoms with van der Waals surface area (Å²) in [4.78, 5) is 23.2. The molecular weight excluding hydrogens is 366 g/mol. The van der Waals surface area contributed by atoms with Crippen LogP contribution in [0.5, 0.6) is 0 Å². The Balaban J connectivity index is 2.13. The minimum Gasteiger partial charge on any atom is -0.463 e. The van der Waals surface area contributed by atoms with E-state index < -0.39 is 16.9 Å². The Morgan fingerprint density at radius 3 is 2.44 bits per heavy atom. The maximum absolute atomic E-state index is 12.7. The average molecular weight is 383 g/mol. The second-order valence-corrected chi connectivity index (χ2v) is 6.16. The second-order valence-electron chi connectivity index (χ2n) is 5.76. The summed E-state index contributed by atoms with van der Waals surface area (Å²) in [6, 6.07) is 14.7. The van der Waals surface area contributed by atoms with Crippen molar-refractivity contribution in [3.63, 3.8) is 0 Å². The Bertz CT molecular complexity index is 910. The van der Waals surface area contributed by atoms with Crippen LogP contribution >= 0.6 is 12.2 Å². The van der Waals surface area contributed by atoms with Crippen molar-refractivity contribution in [3.8, 4) is 0 Å². The van der Waals surface area contributed by atoms with E-state index in [1.54, 1.807) is 19.1 Å². The molecule has 1 unspecified atom stereocenters. The summed E-state index contributed by atoms with van der Waals surface area (Å²) in [6.45, 7) is 1.96. The summed E-state index contributed by atoms with van der Waals surface area (Å²) < 4.78 is 5.25. The molecule has 27 heavy (non-hydrogen) atoms. The fourth-order valence-corrected chi connectivity index (χ4v) is 3.08. The van der Waals surface area contributed by atoms with Gasteiger partial charge < -0.3 is 15.4 Å². The van der Waals surface area contributed by atoms with Crippen molar-refractivity contribution in [2.45, 2.75) is 13.0 Å². The van der Waals surface area contributed by atoms with Gasteiger partial charge >= 0.3 is 5.97 Å². The number of nitrogens with zero attached hydrogens (tertiary/aromatic N) is 1. The Morgan fingerprint density at radius 2 is 1.85 bits per heavy atom. The van der Waals surface area contributed by atoms with Gasteiger partial charge in [-0.3, -0.25) is 10.1 Å². The van der Waals surface area contributed by atoms with Crippen LogP contribution in [0.25, 0.3) is 5.70 Å². The number of carbonyl (C=O) groups is 1. The topological polar surface area (TPSA) is 93.5 Å². The number of rotatable bonds is 5. The molecule has 1 aliphatic heterocycles. The molecule has 0 spiro atoms. The Kier molecular flexibility index (Phi) is 5.46. The first-order valence-electron chi connectivity index (χ1n) is 8.29. The normalized spacial score (nSPS) is 16.3. The first-order valence-corrected chi connectivity index (χ1v) is 8.70. The third-order valence-corrected chi connectivity index (χ3v) is 4.29. The van der Waals surface area contributed by atoms with Crippen molar-refractivity contribution in [1.82, 2.24) is 10.6 Å². The largest absolute Gasteiger partial charge is 0.463 e. The first kappa shape index (κ1) is 18.5. The van der Waals surface area contributed by atoms with Crippen molar-refractivity contribution in [3.05, 3.63) is 81.4 Å². The van der Waals surface area contributed by atoms with Gasteiger partial charge in [-0.05, 0) is 42.4 Å². The van der Waals surface area contributed by atoms with Crippen LogP contribution in [-0.2, 0) is 9.53 Å². The fourth-order valence-electron chi connectivity index (χ4n) is 2.86. The van der Waals surface area contributed by atoms with Crippen molar-refractivity contribution in [2.75, 3.05) is 6.61 Å². The van der Waals surface area contributed by atoms with Crippen LogP contribution in [0.3, 0.4) is 0 Å². The van der Waals surface area contributed by atoms with Gasteiger partial charge in [0, 0.05) is 12.1 Å². The monoisotopic (exact) mass is 383 g/mol. The van der Waals surface area contributed by atoms with E-state index in [9.17, 15) is 14.9 Å². The lowest BCUT2D eigenvalue weighted by molar-refractivity contribution is -0.384. The van der Waals surface area contributed by atoms with E-state index in [0.717, 1.165) is 5.56 Å². The van der Waals surface area contributed by atoms with E-state index >= 15 is 0 Å². The van der Waals surface area contributed by atoms with Gasteiger partial charge in [-0.15, -0.1) is 0 Å². The number of esters is 1. The van der Waals surface area contributed by atoms with E-state index in [2.05, 4.69) is 10.6 Å². The minimum atomic E-state index is -0.589. The van der Waals surface area contributed by atoms with Crippen molar-refractivity contribution < 1.29 is 14.5 Å². The molecule has 0 aromatic heterocycles. The number of benzene rings is 2. The molecule has 1 heterocycles. The van der Waals surface area contributed by atoms with Gasteiger partial charge in [0.25, 0.3) is 5.69 Å².